The lowest BCUT2D eigenvalue weighted by Gasteiger charge is -2.30. The molecule has 0 spiro atoms. The monoisotopic (exact) mass is 484 g/mol. The van der Waals surface area contributed by atoms with Gasteiger partial charge in [-0.05, 0) is 67.1 Å². The molecule has 0 unspecified atom stereocenters. The largest absolute Gasteiger partial charge is 0.494 e. The van der Waals surface area contributed by atoms with Gasteiger partial charge in [0.05, 0.1) is 18.2 Å². The minimum Gasteiger partial charge on any atom is -0.494 e. The number of hydroxylamine groups is 1. The number of carbonyl (C=O) groups is 1. The maximum absolute atomic E-state index is 13.6. The zero-order chi connectivity index (χ0) is 24.4. The lowest BCUT2D eigenvalue weighted by Crippen LogP contribution is -2.49. The van der Waals surface area contributed by atoms with Crippen LogP contribution in [0.5, 0.6) is 5.75 Å². The lowest BCUT2D eigenvalue weighted by atomic mass is 10.0. The molecule has 0 aliphatic rings. The van der Waals surface area contributed by atoms with E-state index >= 15 is 0 Å². The van der Waals surface area contributed by atoms with Crippen molar-refractivity contribution in [2.24, 2.45) is 5.92 Å². The molecule has 33 heavy (non-hydrogen) atoms. The van der Waals surface area contributed by atoms with E-state index in [-0.39, 0.29) is 23.8 Å². The van der Waals surface area contributed by atoms with Gasteiger partial charge in [0.15, 0.2) is 0 Å². The Morgan fingerprint density at radius 3 is 2.27 bits per heavy atom. The van der Waals surface area contributed by atoms with E-state index in [1.165, 1.54) is 48.5 Å². The van der Waals surface area contributed by atoms with Crippen LogP contribution in [0.15, 0.2) is 53.4 Å². The summed E-state index contributed by atoms with van der Waals surface area (Å²) in [6.07, 6.45) is 1.08. The van der Waals surface area contributed by atoms with Gasteiger partial charge in [-0.1, -0.05) is 26.0 Å². The van der Waals surface area contributed by atoms with Crippen LogP contribution in [0.25, 0.3) is 0 Å². The van der Waals surface area contributed by atoms with E-state index in [1.54, 1.807) is 5.48 Å². The van der Waals surface area contributed by atoms with Crippen molar-refractivity contribution in [2.75, 3.05) is 13.3 Å². The highest BCUT2D eigenvalue weighted by molar-refractivity contribution is 7.89. The van der Waals surface area contributed by atoms with Crippen molar-refractivity contribution in [2.45, 2.75) is 50.6 Å². The van der Waals surface area contributed by atoms with Gasteiger partial charge in [0.25, 0.3) is 5.91 Å². The number of hydrogen-bond donors (Lipinski definition) is 2. The van der Waals surface area contributed by atoms with Crippen molar-refractivity contribution in [1.29, 1.82) is 0 Å². The average Bonchev–Trinajstić information content (AvgIpc) is 2.79. The SMILES string of the molecule is CC(C)C[C@H](C(=O)NO)N(Cc1ccc(F)cc1)S(=O)(=O)c1ccc(OCCCCF)cc1. The third kappa shape index (κ3) is 7.76. The number of nitrogens with one attached hydrogen (secondary N) is 1. The molecule has 1 amide bonds. The van der Waals surface area contributed by atoms with Gasteiger partial charge in [0, 0.05) is 6.54 Å². The Balaban J connectivity index is 2.38. The molecule has 2 aromatic carbocycles. The van der Waals surface area contributed by atoms with Crippen LogP contribution in [0, 0.1) is 11.7 Å². The third-order valence-electron chi connectivity index (χ3n) is 4.93. The summed E-state index contributed by atoms with van der Waals surface area (Å²) in [6.45, 7) is 3.34. The maximum atomic E-state index is 13.6. The minimum absolute atomic E-state index is 0.0571. The van der Waals surface area contributed by atoms with Crippen molar-refractivity contribution >= 4 is 15.9 Å². The van der Waals surface area contributed by atoms with Gasteiger partial charge in [-0.15, -0.1) is 0 Å². The van der Waals surface area contributed by atoms with Crippen LogP contribution < -0.4 is 10.2 Å². The first-order valence-corrected chi connectivity index (χ1v) is 12.1. The number of halogens is 2. The molecule has 0 aliphatic carbocycles. The van der Waals surface area contributed by atoms with Crippen LogP contribution in [0.3, 0.4) is 0 Å². The molecule has 2 aromatic rings. The number of rotatable bonds is 13. The first-order chi connectivity index (χ1) is 15.7. The Bertz CT molecular complexity index is 983. The maximum Gasteiger partial charge on any atom is 0.261 e. The van der Waals surface area contributed by atoms with Gasteiger partial charge in [0.1, 0.15) is 17.6 Å². The van der Waals surface area contributed by atoms with Gasteiger partial charge in [-0.2, -0.15) is 4.31 Å². The predicted octanol–water partition coefficient (Wildman–Crippen LogP) is 4.07. The highest BCUT2D eigenvalue weighted by atomic mass is 32.2. The van der Waals surface area contributed by atoms with Gasteiger partial charge in [-0.3, -0.25) is 14.4 Å². The summed E-state index contributed by atoms with van der Waals surface area (Å²) in [6, 6.07) is 9.80. The van der Waals surface area contributed by atoms with Crippen molar-refractivity contribution in [3.05, 3.63) is 59.9 Å². The number of ether oxygens (including phenoxy) is 1. The lowest BCUT2D eigenvalue weighted by molar-refractivity contribution is -0.133. The van der Waals surface area contributed by atoms with E-state index in [1.807, 2.05) is 13.8 Å². The Hall–Kier alpha value is -2.56. The van der Waals surface area contributed by atoms with Gasteiger partial charge in [0.2, 0.25) is 10.0 Å². The summed E-state index contributed by atoms with van der Waals surface area (Å²) >= 11 is 0. The smallest absolute Gasteiger partial charge is 0.261 e. The number of amides is 1. The second-order valence-corrected chi connectivity index (χ2v) is 9.90. The third-order valence-corrected chi connectivity index (χ3v) is 6.80. The van der Waals surface area contributed by atoms with E-state index in [0.29, 0.717) is 30.8 Å². The van der Waals surface area contributed by atoms with Crippen LogP contribution in [0.1, 0.15) is 38.7 Å². The Kier molecular flexibility index (Phi) is 10.2. The highest BCUT2D eigenvalue weighted by Gasteiger charge is 2.36. The number of carbonyl (C=O) groups excluding carboxylic acids is 1. The fourth-order valence-corrected chi connectivity index (χ4v) is 4.83. The first kappa shape index (κ1) is 26.7. The molecule has 0 fully saturated rings. The predicted molar refractivity (Wildman–Crippen MR) is 119 cm³/mol. The summed E-state index contributed by atoms with van der Waals surface area (Å²) < 4.78 is 59.2. The molecule has 0 saturated carbocycles. The molecule has 0 aliphatic heterocycles. The van der Waals surface area contributed by atoms with Gasteiger partial charge < -0.3 is 4.74 Å². The second-order valence-electron chi connectivity index (χ2n) is 8.01. The number of alkyl halides is 1. The Morgan fingerprint density at radius 2 is 1.73 bits per heavy atom. The zero-order valence-corrected chi connectivity index (χ0v) is 19.5. The second kappa shape index (κ2) is 12.6. The van der Waals surface area contributed by atoms with E-state index in [0.717, 1.165) is 4.31 Å². The molecule has 0 radical (unpaired) electrons. The van der Waals surface area contributed by atoms with Gasteiger partial charge >= 0.3 is 0 Å². The number of hydrogen-bond acceptors (Lipinski definition) is 5. The molecule has 10 heteroatoms. The van der Waals surface area contributed by atoms with E-state index in [4.69, 9.17) is 4.74 Å². The van der Waals surface area contributed by atoms with Crippen LogP contribution in [-0.4, -0.2) is 43.2 Å². The summed E-state index contributed by atoms with van der Waals surface area (Å²) in [4.78, 5) is 12.4. The van der Waals surface area contributed by atoms with E-state index < -0.39 is 34.5 Å². The standard InChI is InChI=1S/C23H30F2N2O5S/c1-17(2)15-22(23(28)26-29)27(16-18-5-7-19(25)8-6-18)33(30,31)21-11-9-20(10-12-21)32-14-4-3-13-24/h5-12,17,22,29H,3-4,13-16H2,1-2H3,(H,26,28)/t22-/m1/s1. The molecular weight excluding hydrogens is 454 g/mol. The number of unbranched alkanes of at least 4 members (excludes halogenated alkanes) is 1. The molecular formula is C23H30F2N2O5S. The quantitative estimate of drug-likeness (QED) is 0.254. The first-order valence-electron chi connectivity index (χ1n) is 10.7. The molecule has 0 bridgehead atoms. The molecule has 2 N–H and O–H groups in total. The molecule has 2 rings (SSSR count). The molecule has 7 nitrogen and oxygen atoms in total. The number of nitrogens with zero attached hydrogens (tertiary/aromatic N) is 1. The van der Waals surface area contributed by atoms with Crippen LogP contribution in [0.2, 0.25) is 0 Å². The van der Waals surface area contributed by atoms with Crippen molar-refractivity contribution in [3.63, 3.8) is 0 Å². The van der Waals surface area contributed by atoms with Crippen molar-refractivity contribution in [1.82, 2.24) is 9.79 Å². The van der Waals surface area contributed by atoms with E-state index in [9.17, 15) is 27.2 Å². The zero-order valence-electron chi connectivity index (χ0n) is 18.7. The molecule has 1 atom stereocenters. The summed E-state index contributed by atoms with van der Waals surface area (Å²) in [5.74, 6) is -0.952. The molecule has 0 aromatic heterocycles. The topological polar surface area (TPSA) is 95.9 Å². The fraction of sp³-hybridized carbons (Fsp3) is 0.435. The number of benzene rings is 2. The normalized spacial score (nSPS) is 12.7. The van der Waals surface area contributed by atoms with Crippen LogP contribution in [0.4, 0.5) is 8.78 Å². The minimum atomic E-state index is -4.19. The van der Waals surface area contributed by atoms with Gasteiger partial charge in [-0.25, -0.2) is 18.3 Å². The Morgan fingerprint density at radius 1 is 1.09 bits per heavy atom. The van der Waals surface area contributed by atoms with Crippen molar-refractivity contribution in [3.8, 4) is 5.75 Å². The highest BCUT2D eigenvalue weighted by Crippen LogP contribution is 2.26. The molecule has 0 saturated heterocycles. The van der Waals surface area contributed by atoms with E-state index in [2.05, 4.69) is 0 Å². The Labute approximate surface area is 193 Å². The number of sulfonamides is 1. The fourth-order valence-electron chi connectivity index (χ4n) is 3.24. The molecule has 0 heterocycles. The average molecular weight is 485 g/mol. The van der Waals surface area contributed by atoms with Crippen LogP contribution in [-0.2, 0) is 21.4 Å². The summed E-state index contributed by atoms with van der Waals surface area (Å²) in [5, 5.41) is 9.25. The summed E-state index contributed by atoms with van der Waals surface area (Å²) in [7, 11) is -4.19. The molecule has 182 valence electrons. The van der Waals surface area contributed by atoms with Crippen LogP contribution >= 0.6 is 0 Å². The van der Waals surface area contributed by atoms with Crippen molar-refractivity contribution < 1.29 is 31.9 Å². The summed E-state index contributed by atoms with van der Waals surface area (Å²) in [5.41, 5.74) is 2.04.